The molecule has 148 valence electrons. The lowest BCUT2D eigenvalue weighted by Gasteiger charge is -2.26. The topological polar surface area (TPSA) is 99.8 Å². The Labute approximate surface area is 167 Å². The van der Waals surface area contributed by atoms with Gasteiger partial charge in [-0.05, 0) is 18.2 Å². The first-order valence-corrected chi connectivity index (χ1v) is 9.28. The number of halogens is 2. The van der Waals surface area contributed by atoms with Crippen molar-refractivity contribution >= 4 is 40.9 Å². The van der Waals surface area contributed by atoms with Crippen LogP contribution < -0.4 is 16.0 Å². The molecule has 0 spiro atoms. The summed E-state index contributed by atoms with van der Waals surface area (Å²) >= 11 is 11.7. The van der Waals surface area contributed by atoms with Crippen molar-refractivity contribution in [3.63, 3.8) is 0 Å². The van der Waals surface area contributed by atoms with E-state index in [2.05, 4.69) is 20.9 Å². The fourth-order valence-corrected chi connectivity index (χ4v) is 2.91. The third kappa shape index (κ3) is 7.72. The zero-order chi connectivity index (χ0) is 19.6. The number of morpholine rings is 1. The number of amides is 3. The van der Waals surface area contributed by atoms with Crippen molar-refractivity contribution in [2.75, 3.05) is 52.5 Å². The van der Waals surface area contributed by atoms with Crippen LogP contribution >= 0.6 is 23.2 Å². The minimum absolute atomic E-state index is 0.153. The molecule has 0 aromatic heterocycles. The lowest BCUT2D eigenvalue weighted by atomic mass is 10.2. The smallest absolute Gasteiger partial charge is 0.253 e. The van der Waals surface area contributed by atoms with Crippen LogP contribution in [0, 0.1) is 0 Å². The molecule has 0 unspecified atom stereocenters. The molecule has 0 radical (unpaired) electrons. The summed E-state index contributed by atoms with van der Waals surface area (Å²) in [4.78, 5) is 37.7. The van der Waals surface area contributed by atoms with E-state index in [-0.39, 0.29) is 29.6 Å². The fourth-order valence-electron chi connectivity index (χ4n) is 2.41. The van der Waals surface area contributed by atoms with Crippen molar-refractivity contribution in [2.45, 2.75) is 0 Å². The van der Waals surface area contributed by atoms with Gasteiger partial charge in [-0.2, -0.15) is 0 Å². The molecule has 1 aromatic rings. The van der Waals surface area contributed by atoms with Gasteiger partial charge in [-0.1, -0.05) is 23.2 Å². The molecule has 27 heavy (non-hydrogen) atoms. The van der Waals surface area contributed by atoms with Crippen molar-refractivity contribution in [1.29, 1.82) is 0 Å². The highest BCUT2D eigenvalue weighted by Crippen LogP contribution is 2.20. The summed E-state index contributed by atoms with van der Waals surface area (Å²) in [5.74, 6) is -1.26. The Morgan fingerprint density at radius 3 is 2.37 bits per heavy atom. The van der Waals surface area contributed by atoms with E-state index in [1.807, 2.05) is 0 Å². The summed E-state index contributed by atoms with van der Waals surface area (Å²) in [7, 11) is 0. The molecule has 0 bridgehead atoms. The van der Waals surface area contributed by atoms with Gasteiger partial charge in [-0.15, -0.1) is 0 Å². The average Bonchev–Trinajstić information content (AvgIpc) is 2.65. The minimum Gasteiger partial charge on any atom is -0.379 e. The van der Waals surface area contributed by atoms with Crippen LogP contribution in [0.4, 0.5) is 0 Å². The number of ether oxygens (including phenoxy) is 1. The number of hydrogen-bond acceptors (Lipinski definition) is 5. The molecule has 3 N–H and O–H groups in total. The van der Waals surface area contributed by atoms with Gasteiger partial charge in [0, 0.05) is 31.2 Å². The summed E-state index contributed by atoms with van der Waals surface area (Å²) in [5, 5.41) is 8.23. The van der Waals surface area contributed by atoms with Crippen molar-refractivity contribution in [1.82, 2.24) is 20.9 Å². The number of hydrogen-bond donors (Lipinski definition) is 3. The van der Waals surface area contributed by atoms with E-state index in [4.69, 9.17) is 27.9 Å². The van der Waals surface area contributed by atoms with Gasteiger partial charge in [-0.25, -0.2) is 0 Å². The standard InChI is InChI=1S/C17H22Cl2N4O4/c18-12-1-2-13(14(19)9-12)17(26)22-11-16(25)21-10-15(24)20-3-4-23-5-7-27-8-6-23/h1-2,9H,3-8,10-11H2,(H,20,24)(H,21,25)(H,22,26). The van der Waals surface area contributed by atoms with E-state index in [1.165, 1.54) is 18.2 Å². The van der Waals surface area contributed by atoms with Gasteiger partial charge in [0.15, 0.2) is 0 Å². The third-order valence-corrected chi connectivity index (χ3v) is 4.43. The second kappa shape index (κ2) is 11.1. The first-order valence-electron chi connectivity index (χ1n) is 8.52. The molecular formula is C17H22Cl2N4O4. The normalized spacial score (nSPS) is 14.4. The molecule has 1 aliphatic heterocycles. The van der Waals surface area contributed by atoms with Crippen molar-refractivity contribution in [3.05, 3.63) is 33.8 Å². The van der Waals surface area contributed by atoms with Crippen LogP contribution in [-0.4, -0.2) is 75.1 Å². The molecule has 0 saturated carbocycles. The summed E-state index contributed by atoms with van der Waals surface area (Å²) in [6.45, 7) is 3.93. The predicted molar refractivity (Wildman–Crippen MR) is 102 cm³/mol. The van der Waals surface area contributed by atoms with Crippen LogP contribution in [0.25, 0.3) is 0 Å². The zero-order valence-corrected chi connectivity index (χ0v) is 16.2. The van der Waals surface area contributed by atoms with Crippen LogP contribution in [0.3, 0.4) is 0 Å². The molecule has 0 atom stereocenters. The van der Waals surface area contributed by atoms with Gasteiger partial charge in [0.25, 0.3) is 5.91 Å². The van der Waals surface area contributed by atoms with E-state index in [0.29, 0.717) is 24.8 Å². The quantitative estimate of drug-likeness (QED) is 0.565. The van der Waals surface area contributed by atoms with Crippen LogP contribution in [0.2, 0.25) is 10.0 Å². The third-order valence-electron chi connectivity index (χ3n) is 3.89. The van der Waals surface area contributed by atoms with Crippen molar-refractivity contribution < 1.29 is 19.1 Å². The van der Waals surface area contributed by atoms with Gasteiger partial charge in [0.05, 0.1) is 36.9 Å². The highest BCUT2D eigenvalue weighted by molar-refractivity contribution is 6.36. The van der Waals surface area contributed by atoms with E-state index in [9.17, 15) is 14.4 Å². The maximum Gasteiger partial charge on any atom is 0.253 e. The lowest BCUT2D eigenvalue weighted by molar-refractivity contribution is -0.125. The van der Waals surface area contributed by atoms with Crippen LogP contribution in [0.1, 0.15) is 10.4 Å². The SMILES string of the molecule is O=C(CNC(=O)CNC(=O)c1ccc(Cl)cc1Cl)NCCN1CCOCC1. The summed E-state index contributed by atoms with van der Waals surface area (Å²) in [6.07, 6.45) is 0. The Morgan fingerprint density at radius 2 is 1.67 bits per heavy atom. The number of rotatable bonds is 8. The van der Waals surface area contributed by atoms with Crippen LogP contribution in [0.5, 0.6) is 0 Å². The molecule has 8 nitrogen and oxygen atoms in total. The molecule has 1 aliphatic rings. The Bertz CT molecular complexity index is 681. The van der Waals surface area contributed by atoms with Crippen LogP contribution in [-0.2, 0) is 14.3 Å². The van der Waals surface area contributed by atoms with E-state index < -0.39 is 11.8 Å². The van der Waals surface area contributed by atoms with E-state index >= 15 is 0 Å². The summed E-state index contributed by atoms with van der Waals surface area (Å²) in [6, 6.07) is 4.45. The molecule has 2 rings (SSSR count). The molecule has 1 heterocycles. The first kappa shape index (κ1) is 21.4. The van der Waals surface area contributed by atoms with Crippen LogP contribution in [0.15, 0.2) is 18.2 Å². The monoisotopic (exact) mass is 416 g/mol. The lowest BCUT2D eigenvalue weighted by Crippen LogP contribution is -2.45. The predicted octanol–water partition coefficient (Wildman–Crippen LogP) is 0.288. The fraction of sp³-hybridized carbons (Fsp3) is 0.471. The average molecular weight is 417 g/mol. The van der Waals surface area contributed by atoms with E-state index in [1.54, 1.807) is 0 Å². The second-order valence-corrected chi connectivity index (χ2v) is 6.73. The Kier molecular flexibility index (Phi) is 8.80. The summed E-state index contributed by atoms with van der Waals surface area (Å²) < 4.78 is 5.25. The maximum atomic E-state index is 12.0. The van der Waals surface area contributed by atoms with Gasteiger partial charge < -0.3 is 20.7 Å². The molecule has 1 aromatic carbocycles. The van der Waals surface area contributed by atoms with Gasteiger partial charge in [0.2, 0.25) is 11.8 Å². The first-order chi connectivity index (χ1) is 13.0. The largest absolute Gasteiger partial charge is 0.379 e. The Hall–Kier alpha value is -1.87. The second-order valence-electron chi connectivity index (χ2n) is 5.89. The Balaban J connectivity index is 1.60. The highest BCUT2D eigenvalue weighted by atomic mass is 35.5. The number of nitrogens with one attached hydrogen (secondary N) is 3. The zero-order valence-electron chi connectivity index (χ0n) is 14.7. The van der Waals surface area contributed by atoms with Gasteiger partial charge in [-0.3, -0.25) is 19.3 Å². The molecule has 0 aliphatic carbocycles. The molecule has 1 saturated heterocycles. The minimum atomic E-state index is -0.498. The number of benzene rings is 1. The Morgan fingerprint density at radius 1 is 1.00 bits per heavy atom. The van der Waals surface area contributed by atoms with Gasteiger partial charge >= 0.3 is 0 Å². The number of nitrogens with zero attached hydrogens (tertiary/aromatic N) is 1. The number of carbonyl (C=O) groups is 3. The molecule has 10 heteroatoms. The van der Waals surface area contributed by atoms with Crippen molar-refractivity contribution in [2.24, 2.45) is 0 Å². The molecular weight excluding hydrogens is 395 g/mol. The summed E-state index contributed by atoms with van der Waals surface area (Å²) in [5.41, 5.74) is 0.217. The number of carbonyl (C=O) groups excluding carboxylic acids is 3. The van der Waals surface area contributed by atoms with E-state index in [0.717, 1.165) is 19.6 Å². The molecule has 1 fully saturated rings. The molecule has 3 amide bonds. The van der Waals surface area contributed by atoms with Crippen molar-refractivity contribution in [3.8, 4) is 0 Å². The highest BCUT2D eigenvalue weighted by Gasteiger charge is 2.13. The maximum absolute atomic E-state index is 12.0. The van der Waals surface area contributed by atoms with Gasteiger partial charge in [0.1, 0.15) is 0 Å².